The van der Waals surface area contributed by atoms with E-state index in [1.165, 1.54) is 16.4 Å². The number of rotatable bonds is 5. The van der Waals surface area contributed by atoms with E-state index in [0.29, 0.717) is 19.6 Å². The summed E-state index contributed by atoms with van der Waals surface area (Å²) in [6.45, 7) is 4.90. The van der Waals surface area contributed by atoms with Crippen molar-refractivity contribution >= 4 is 16.7 Å². The summed E-state index contributed by atoms with van der Waals surface area (Å²) in [6, 6.07) is 0. The van der Waals surface area contributed by atoms with Gasteiger partial charge in [0.05, 0.1) is 6.54 Å². The normalized spacial score (nSPS) is 20.8. The summed E-state index contributed by atoms with van der Waals surface area (Å²) in [5.41, 5.74) is 0. The van der Waals surface area contributed by atoms with Crippen LogP contribution in [0.1, 0.15) is 32.0 Å². The van der Waals surface area contributed by atoms with Crippen LogP contribution < -0.4 is 5.32 Å². The molecule has 0 radical (unpaired) electrons. The van der Waals surface area contributed by atoms with Crippen molar-refractivity contribution in [2.45, 2.75) is 32.4 Å². The van der Waals surface area contributed by atoms with Crippen LogP contribution in [0.25, 0.3) is 0 Å². The Labute approximate surface area is 120 Å². The zero-order valence-corrected chi connectivity index (χ0v) is 12.4. The first kappa shape index (κ1) is 15.5. The van der Waals surface area contributed by atoms with Gasteiger partial charge in [0, 0.05) is 30.5 Å². The van der Waals surface area contributed by atoms with Gasteiger partial charge in [-0.3, -0.25) is 4.90 Å². The molecule has 0 amide bonds. The van der Waals surface area contributed by atoms with Crippen molar-refractivity contribution in [2.24, 2.45) is 5.92 Å². The Morgan fingerprint density at radius 2 is 2.20 bits per heavy atom. The highest BCUT2D eigenvalue weighted by Gasteiger charge is 2.34. The number of alkyl halides is 3. The van der Waals surface area contributed by atoms with E-state index >= 15 is 0 Å². The van der Waals surface area contributed by atoms with Gasteiger partial charge in [0.15, 0.2) is 0 Å². The van der Waals surface area contributed by atoms with E-state index in [2.05, 4.69) is 14.7 Å². The molecule has 114 valence electrons. The maximum absolute atomic E-state index is 12.3. The summed E-state index contributed by atoms with van der Waals surface area (Å²) in [5.74, 6) is 1.34. The van der Waals surface area contributed by atoms with Gasteiger partial charge in [-0.05, 0) is 18.9 Å². The number of nitrogens with zero attached hydrogens (tertiary/aromatic N) is 3. The molecule has 2 rings (SSSR count). The molecular weight excluding hydrogens is 289 g/mol. The van der Waals surface area contributed by atoms with Crippen LogP contribution in [0.3, 0.4) is 0 Å². The smallest absolute Gasteiger partial charge is 0.360 e. The largest absolute Gasteiger partial charge is 0.401 e. The Kier molecular flexibility index (Phi) is 4.85. The van der Waals surface area contributed by atoms with Crippen molar-refractivity contribution in [1.82, 2.24) is 14.3 Å². The van der Waals surface area contributed by atoms with Crippen LogP contribution in [0.5, 0.6) is 0 Å². The van der Waals surface area contributed by atoms with E-state index < -0.39 is 12.7 Å². The van der Waals surface area contributed by atoms with Gasteiger partial charge in [0.25, 0.3) is 0 Å². The zero-order chi connectivity index (χ0) is 14.8. The quantitative estimate of drug-likeness (QED) is 0.908. The highest BCUT2D eigenvalue weighted by Crippen LogP contribution is 2.23. The lowest BCUT2D eigenvalue weighted by Gasteiger charge is -2.17. The molecule has 0 spiro atoms. The number of aromatic nitrogens is 2. The Morgan fingerprint density at radius 3 is 2.80 bits per heavy atom. The van der Waals surface area contributed by atoms with Crippen LogP contribution in [-0.2, 0) is 0 Å². The summed E-state index contributed by atoms with van der Waals surface area (Å²) >= 11 is 1.31. The van der Waals surface area contributed by atoms with Gasteiger partial charge >= 0.3 is 6.18 Å². The monoisotopic (exact) mass is 308 g/mol. The molecule has 0 aliphatic carbocycles. The Balaban J connectivity index is 1.75. The number of nitrogens with one attached hydrogen (secondary N) is 1. The first-order valence-electron chi connectivity index (χ1n) is 6.70. The van der Waals surface area contributed by atoms with Gasteiger partial charge in [0.1, 0.15) is 5.82 Å². The Morgan fingerprint density at radius 1 is 1.45 bits per heavy atom. The van der Waals surface area contributed by atoms with Crippen molar-refractivity contribution < 1.29 is 13.2 Å². The molecule has 8 heteroatoms. The fraction of sp³-hybridized carbons (Fsp3) is 0.833. The van der Waals surface area contributed by atoms with Gasteiger partial charge in [-0.2, -0.15) is 17.5 Å². The molecule has 4 nitrogen and oxygen atoms in total. The van der Waals surface area contributed by atoms with E-state index in [4.69, 9.17) is 0 Å². The van der Waals surface area contributed by atoms with Crippen molar-refractivity contribution in [3.05, 3.63) is 5.82 Å². The highest BCUT2D eigenvalue weighted by atomic mass is 32.1. The molecule has 0 aromatic carbocycles. The second-order valence-electron chi connectivity index (χ2n) is 5.50. The number of hydrogen-bond donors (Lipinski definition) is 1. The summed E-state index contributed by atoms with van der Waals surface area (Å²) in [7, 11) is 0. The fourth-order valence-corrected chi connectivity index (χ4v) is 2.96. The van der Waals surface area contributed by atoms with Gasteiger partial charge in [-0.15, -0.1) is 0 Å². The predicted molar refractivity (Wildman–Crippen MR) is 73.1 cm³/mol. The third kappa shape index (κ3) is 4.59. The van der Waals surface area contributed by atoms with E-state index in [9.17, 15) is 13.2 Å². The Hall–Kier alpha value is -0.890. The third-order valence-corrected chi connectivity index (χ3v) is 3.96. The van der Waals surface area contributed by atoms with E-state index in [0.717, 1.165) is 17.4 Å². The van der Waals surface area contributed by atoms with Crippen molar-refractivity contribution in [1.29, 1.82) is 0 Å². The minimum Gasteiger partial charge on any atom is -0.360 e. The average Bonchev–Trinajstić information content (AvgIpc) is 2.92. The maximum atomic E-state index is 12.3. The Bertz CT molecular complexity index is 433. The molecule has 2 heterocycles. The van der Waals surface area contributed by atoms with E-state index in [1.807, 2.05) is 13.8 Å². The van der Waals surface area contributed by atoms with Crippen LogP contribution in [0.2, 0.25) is 0 Å². The molecule has 1 unspecified atom stereocenters. The second kappa shape index (κ2) is 6.26. The molecule has 1 fully saturated rings. The minimum atomic E-state index is -4.10. The van der Waals surface area contributed by atoms with Crippen LogP contribution in [0.15, 0.2) is 0 Å². The average molecular weight is 308 g/mol. The van der Waals surface area contributed by atoms with Gasteiger partial charge in [0.2, 0.25) is 5.13 Å². The molecule has 1 atom stereocenters. The summed E-state index contributed by atoms with van der Waals surface area (Å²) < 4.78 is 41.1. The standard InChI is InChI=1S/C12H19F3N4S/c1-8(2)10-17-11(20-18-10)16-5-9-3-4-19(6-9)7-12(13,14)15/h8-9H,3-7H2,1-2H3,(H,16,17,18). The number of hydrogen-bond acceptors (Lipinski definition) is 5. The molecule has 0 bridgehead atoms. The first-order chi connectivity index (χ1) is 9.33. The maximum Gasteiger partial charge on any atom is 0.401 e. The van der Waals surface area contributed by atoms with E-state index in [1.54, 1.807) is 0 Å². The lowest BCUT2D eigenvalue weighted by atomic mass is 10.1. The molecule has 0 saturated carbocycles. The molecule has 1 N–H and O–H groups in total. The summed E-state index contributed by atoms with van der Waals surface area (Å²) in [5, 5.41) is 3.93. The van der Waals surface area contributed by atoms with E-state index in [-0.39, 0.29) is 11.8 Å². The summed E-state index contributed by atoms with van der Waals surface area (Å²) in [4.78, 5) is 5.82. The second-order valence-corrected chi connectivity index (χ2v) is 6.25. The lowest BCUT2D eigenvalue weighted by molar-refractivity contribution is -0.143. The molecule has 1 aliphatic heterocycles. The summed E-state index contributed by atoms with van der Waals surface area (Å²) in [6.07, 6.45) is -3.31. The molecular formula is C12H19F3N4S. The van der Waals surface area contributed by atoms with Crippen molar-refractivity contribution in [3.63, 3.8) is 0 Å². The topological polar surface area (TPSA) is 41.1 Å². The molecule has 1 aromatic heterocycles. The van der Waals surface area contributed by atoms with Crippen LogP contribution >= 0.6 is 11.5 Å². The molecule has 1 saturated heterocycles. The van der Waals surface area contributed by atoms with Gasteiger partial charge in [-0.1, -0.05) is 13.8 Å². The molecule has 1 aliphatic rings. The van der Waals surface area contributed by atoms with Gasteiger partial charge < -0.3 is 5.32 Å². The highest BCUT2D eigenvalue weighted by molar-refractivity contribution is 7.09. The van der Waals surface area contributed by atoms with Crippen LogP contribution in [-0.4, -0.2) is 46.6 Å². The number of likely N-dealkylation sites (tertiary alicyclic amines) is 1. The van der Waals surface area contributed by atoms with Gasteiger partial charge in [-0.25, -0.2) is 4.98 Å². The molecule has 1 aromatic rings. The van der Waals surface area contributed by atoms with Crippen LogP contribution in [0, 0.1) is 5.92 Å². The minimum absolute atomic E-state index is 0.240. The number of anilines is 1. The molecule has 20 heavy (non-hydrogen) atoms. The lowest BCUT2D eigenvalue weighted by Crippen LogP contribution is -2.33. The van der Waals surface area contributed by atoms with Crippen molar-refractivity contribution in [2.75, 3.05) is 31.5 Å². The van der Waals surface area contributed by atoms with Crippen LogP contribution in [0.4, 0.5) is 18.3 Å². The first-order valence-corrected chi connectivity index (χ1v) is 7.47. The third-order valence-electron chi connectivity index (χ3n) is 3.27. The van der Waals surface area contributed by atoms with Crippen molar-refractivity contribution in [3.8, 4) is 0 Å². The number of halogens is 3. The zero-order valence-electron chi connectivity index (χ0n) is 11.6. The SMILES string of the molecule is CC(C)c1nsc(NCC2CCN(CC(F)(F)F)C2)n1. The fourth-order valence-electron chi connectivity index (χ4n) is 2.25. The predicted octanol–water partition coefficient (Wildman–Crippen LogP) is 2.96.